The van der Waals surface area contributed by atoms with Gasteiger partial charge in [-0.3, -0.25) is 4.99 Å². The minimum Gasteiger partial charge on any atom is -0.390 e. The predicted molar refractivity (Wildman–Crippen MR) is 111 cm³/mol. The van der Waals surface area contributed by atoms with E-state index in [0.29, 0.717) is 5.92 Å². The molecule has 0 aromatic rings. The lowest BCUT2D eigenvalue weighted by Crippen LogP contribution is -2.43. The van der Waals surface area contributed by atoms with E-state index in [1.165, 1.54) is 25.0 Å². The van der Waals surface area contributed by atoms with E-state index in [9.17, 15) is 5.11 Å². The van der Waals surface area contributed by atoms with E-state index in [-0.39, 0.29) is 0 Å². The van der Waals surface area contributed by atoms with Crippen molar-refractivity contribution >= 4 is 11.4 Å². The molecule has 0 radical (unpaired) electrons. The number of nitrogens with one attached hydrogen (secondary N) is 1. The fourth-order valence-electron chi connectivity index (χ4n) is 4.12. The van der Waals surface area contributed by atoms with Crippen LogP contribution in [0.2, 0.25) is 0 Å². The number of allylic oxidation sites excluding steroid dienone is 4. The minimum absolute atomic E-state index is 0.428. The summed E-state index contributed by atoms with van der Waals surface area (Å²) < 4.78 is 0. The first kappa shape index (κ1) is 20.9. The molecule has 0 spiro atoms. The van der Waals surface area contributed by atoms with Crippen LogP contribution in [0.15, 0.2) is 28.5 Å². The zero-order valence-corrected chi connectivity index (χ0v) is 17.1. The van der Waals surface area contributed by atoms with E-state index in [1.54, 1.807) is 0 Å². The van der Waals surface area contributed by atoms with Crippen LogP contribution in [0.1, 0.15) is 79.1 Å². The third-order valence-corrected chi connectivity index (χ3v) is 6.03. The molecule has 4 heteroatoms. The molecule has 1 saturated carbocycles. The van der Waals surface area contributed by atoms with Gasteiger partial charge in [0.05, 0.1) is 5.60 Å². The van der Waals surface area contributed by atoms with Gasteiger partial charge in [0.1, 0.15) is 0 Å². The molecule has 146 valence electrons. The monoisotopic (exact) mass is 359 g/mol. The lowest BCUT2D eigenvalue weighted by Gasteiger charge is -2.39. The quantitative estimate of drug-likeness (QED) is 0.649. The highest BCUT2D eigenvalue weighted by molar-refractivity contribution is 5.97. The number of likely N-dealkylation sites (tertiary alicyclic amines) is 1. The van der Waals surface area contributed by atoms with Gasteiger partial charge in [0, 0.05) is 41.8 Å². The van der Waals surface area contributed by atoms with Crippen LogP contribution in [-0.2, 0) is 0 Å². The van der Waals surface area contributed by atoms with E-state index in [4.69, 9.17) is 5.41 Å². The van der Waals surface area contributed by atoms with E-state index >= 15 is 0 Å². The molecule has 0 unspecified atom stereocenters. The van der Waals surface area contributed by atoms with Gasteiger partial charge in [-0.2, -0.15) is 0 Å². The molecule has 0 atom stereocenters. The van der Waals surface area contributed by atoms with Crippen LogP contribution >= 0.6 is 0 Å². The van der Waals surface area contributed by atoms with Crippen LogP contribution < -0.4 is 0 Å². The molecule has 1 saturated heterocycles. The summed E-state index contributed by atoms with van der Waals surface area (Å²) in [5, 5.41) is 18.7. The van der Waals surface area contributed by atoms with Crippen molar-refractivity contribution in [3.05, 3.63) is 23.5 Å². The number of piperidine rings is 1. The smallest absolute Gasteiger partial charge is 0.0678 e. The Balaban J connectivity index is 1.94. The third kappa shape index (κ3) is 6.08. The highest BCUT2D eigenvalue weighted by Gasteiger charge is 2.30. The van der Waals surface area contributed by atoms with Crippen molar-refractivity contribution in [1.82, 2.24) is 4.90 Å². The summed E-state index contributed by atoms with van der Waals surface area (Å²) in [5.74, 6) is 0.428. The Morgan fingerprint density at radius 3 is 2.31 bits per heavy atom. The maximum atomic E-state index is 10.4. The molecule has 2 aliphatic rings. The summed E-state index contributed by atoms with van der Waals surface area (Å²) in [6.45, 7) is 10.0. The molecule has 2 N–H and O–H groups in total. The average molecular weight is 360 g/mol. The second kappa shape index (κ2) is 9.50. The lowest BCUT2D eigenvalue weighted by atomic mass is 9.85. The molecule has 26 heavy (non-hydrogen) atoms. The van der Waals surface area contributed by atoms with Gasteiger partial charge < -0.3 is 15.4 Å². The zero-order chi connectivity index (χ0) is 19.2. The first-order valence-corrected chi connectivity index (χ1v) is 10.3. The zero-order valence-electron chi connectivity index (χ0n) is 17.1. The summed E-state index contributed by atoms with van der Waals surface area (Å²) in [5.41, 5.74) is 3.37. The Morgan fingerprint density at radius 1 is 1.12 bits per heavy atom. The molecule has 1 aliphatic heterocycles. The van der Waals surface area contributed by atoms with Gasteiger partial charge in [0.15, 0.2) is 0 Å². The fourth-order valence-corrected chi connectivity index (χ4v) is 4.12. The normalized spacial score (nSPS) is 23.3. The maximum absolute atomic E-state index is 10.4. The first-order chi connectivity index (χ1) is 12.3. The third-order valence-electron chi connectivity index (χ3n) is 6.03. The van der Waals surface area contributed by atoms with Crippen molar-refractivity contribution in [3.8, 4) is 0 Å². The van der Waals surface area contributed by atoms with Crippen LogP contribution in [0.5, 0.6) is 0 Å². The fraction of sp³-hybridized carbons (Fsp3) is 0.727. The second-order valence-corrected chi connectivity index (χ2v) is 8.18. The number of rotatable bonds is 6. The molecule has 1 aliphatic carbocycles. The molecule has 2 rings (SSSR count). The van der Waals surface area contributed by atoms with Gasteiger partial charge in [0.25, 0.3) is 0 Å². The van der Waals surface area contributed by atoms with Crippen LogP contribution in [0.3, 0.4) is 0 Å². The van der Waals surface area contributed by atoms with Gasteiger partial charge >= 0.3 is 0 Å². The molecule has 1 heterocycles. The molecular formula is C22H37N3O. The van der Waals surface area contributed by atoms with Crippen LogP contribution in [0.4, 0.5) is 0 Å². The van der Waals surface area contributed by atoms with Crippen molar-refractivity contribution in [2.45, 2.75) is 84.7 Å². The van der Waals surface area contributed by atoms with E-state index in [1.807, 2.05) is 19.9 Å². The van der Waals surface area contributed by atoms with Gasteiger partial charge in [-0.1, -0.05) is 26.2 Å². The Kier molecular flexibility index (Phi) is 7.63. The number of hydrogen-bond donors (Lipinski definition) is 2. The SMILES string of the molecule is CCC1(O)CCN(/C(C)=C/C(C)=N\C(C)=C\C(=N)C2CCCCC2)CC1. The summed E-state index contributed by atoms with van der Waals surface area (Å²) in [7, 11) is 0. The lowest BCUT2D eigenvalue weighted by molar-refractivity contribution is -0.0166. The molecular weight excluding hydrogens is 322 g/mol. The average Bonchev–Trinajstić information content (AvgIpc) is 2.62. The topological polar surface area (TPSA) is 59.7 Å². The van der Waals surface area contributed by atoms with Gasteiger partial charge in [-0.25, -0.2) is 0 Å². The molecule has 0 aromatic carbocycles. The van der Waals surface area contributed by atoms with Crippen molar-refractivity contribution in [1.29, 1.82) is 5.41 Å². The Hall–Kier alpha value is -1.42. The number of nitrogens with zero attached hydrogens (tertiary/aromatic N) is 2. The summed E-state index contributed by atoms with van der Waals surface area (Å²) in [6.07, 6.45) is 12.7. The minimum atomic E-state index is -0.473. The summed E-state index contributed by atoms with van der Waals surface area (Å²) in [6, 6.07) is 0. The van der Waals surface area contributed by atoms with Crippen LogP contribution in [0, 0.1) is 11.3 Å². The van der Waals surface area contributed by atoms with Gasteiger partial charge in [-0.05, 0) is 65.0 Å². The molecule has 4 nitrogen and oxygen atoms in total. The second-order valence-electron chi connectivity index (χ2n) is 8.18. The van der Waals surface area contributed by atoms with Crippen molar-refractivity contribution in [3.63, 3.8) is 0 Å². The highest BCUT2D eigenvalue weighted by atomic mass is 16.3. The standard InChI is InChI=1S/C22H37N3O/c1-5-22(26)11-13-25(14-12-22)19(4)15-17(2)24-18(3)16-21(23)20-9-7-6-8-10-20/h15-16,20,23,26H,5-14H2,1-4H3/b18-16+,19-15+,23-21?,24-17-. The largest absolute Gasteiger partial charge is 0.390 e. The Labute approximate surface area is 159 Å². The summed E-state index contributed by atoms with van der Waals surface area (Å²) in [4.78, 5) is 7.02. The van der Waals surface area contributed by atoms with Crippen LogP contribution in [-0.4, -0.2) is 40.1 Å². The number of aliphatic imine (C=N–C) groups is 1. The van der Waals surface area contributed by atoms with Gasteiger partial charge in [0.2, 0.25) is 0 Å². The van der Waals surface area contributed by atoms with Crippen molar-refractivity contribution in [2.24, 2.45) is 10.9 Å². The van der Waals surface area contributed by atoms with Crippen molar-refractivity contribution < 1.29 is 5.11 Å². The number of hydrogen-bond acceptors (Lipinski definition) is 4. The molecule has 0 aromatic heterocycles. The van der Waals surface area contributed by atoms with E-state index in [0.717, 1.165) is 62.3 Å². The Bertz CT molecular complexity index is 574. The number of aliphatic hydroxyl groups is 1. The predicted octanol–water partition coefficient (Wildman–Crippen LogP) is 5.09. The molecule has 2 fully saturated rings. The molecule has 0 amide bonds. The van der Waals surface area contributed by atoms with Gasteiger partial charge in [-0.15, -0.1) is 0 Å². The van der Waals surface area contributed by atoms with E-state index in [2.05, 4.69) is 29.8 Å². The Morgan fingerprint density at radius 2 is 1.73 bits per heavy atom. The van der Waals surface area contributed by atoms with E-state index < -0.39 is 5.60 Å². The van der Waals surface area contributed by atoms with Crippen molar-refractivity contribution in [2.75, 3.05) is 13.1 Å². The summed E-state index contributed by atoms with van der Waals surface area (Å²) >= 11 is 0. The maximum Gasteiger partial charge on any atom is 0.0678 e. The molecule has 0 bridgehead atoms. The van der Waals surface area contributed by atoms with Crippen LogP contribution in [0.25, 0.3) is 0 Å². The highest BCUT2D eigenvalue weighted by Crippen LogP contribution is 2.27. The first-order valence-electron chi connectivity index (χ1n) is 10.3.